The normalized spacial score (nSPS) is 20.5. The van der Waals surface area contributed by atoms with E-state index in [9.17, 15) is 24.0 Å². The zero-order chi connectivity index (χ0) is 31.5. The first-order valence-electron chi connectivity index (χ1n) is 13.9. The predicted molar refractivity (Wildman–Crippen MR) is 156 cm³/mol. The summed E-state index contributed by atoms with van der Waals surface area (Å²) in [6.07, 6.45) is -0.0890. The molecule has 1 fully saturated rings. The van der Waals surface area contributed by atoms with Gasteiger partial charge in [0.1, 0.15) is 18.6 Å². The van der Waals surface area contributed by atoms with Gasteiger partial charge in [-0.25, -0.2) is 14.6 Å². The Morgan fingerprint density at radius 3 is 2.49 bits per heavy atom. The van der Waals surface area contributed by atoms with E-state index in [0.717, 1.165) is 23.7 Å². The lowest BCUT2D eigenvalue weighted by molar-refractivity contribution is -0.176. The third kappa shape index (κ3) is 9.18. The second-order valence-corrected chi connectivity index (χ2v) is 11.1. The van der Waals surface area contributed by atoms with Gasteiger partial charge in [0.25, 0.3) is 5.91 Å². The number of carbonyl (C=O) groups excluding carboxylic acids is 5. The smallest absolute Gasteiger partial charge is 0.372 e. The lowest BCUT2D eigenvalue weighted by Gasteiger charge is -2.29. The molecule has 0 saturated carbocycles. The summed E-state index contributed by atoms with van der Waals surface area (Å²) in [6.45, 7) is 6.11. The van der Waals surface area contributed by atoms with Crippen molar-refractivity contribution in [2.24, 2.45) is 11.8 Å². The summed E-state index contributed by atoms with van der Waals surface area (Å²) < 4.78 is 27.4. The van der Waals surface area contributed by atoms with Gasteiger partial charge in [0.2, 0.25) is 5.75 Å². The Labute approximate surface area is 254 Å². The average Bonchev–Trinajstić information content (AvgIpc) is 3.02. The van der Waals surface area contributed by atoms with Crippen LogP contribution < -0.4 is 14.8 Å². The van der Waals surface area contributed by atoms with Crippen molar-refractivity contribution >= 4 is 40.9 Å². The number of nitrogens with zero attached hydrogens (tertiary/aromatic N) is 1. The molecule has 4 atom stereocenters. The van der Waals surface area contributed by atoms with Crippen LogP contribution in [0.15, 0.2) is 42.6 Å². The highest BCUT2D eigenvalue weighted by molar-refractivity contribution is 8.13. The van der Waals surface area contributed by atoms with Gasteiger partial charge in [-0.05, 0) is 37.1 Å². The highest BCUT2D eigenvalue weighted by Gasteiger charge is 2.42. The van der Waals surface area contributed by atoms with Crippen molar-refractivity contribution in [1.29, 1.82) is 0 Å². The summed E-state index contributed by atoms with van der Waals surface area (Å²) in [6, 6.07) is 9.02. The van der Waals surface area contributed by atoms with E-state index in [-0.39, 0.29) is 23.6 Å². The van der Waals surface area contributed by atoms with Gasteiger partial charge in [0, 0.05) is 18.0 Å². The van der Waals surface area contributed by atoms with Gasteiger partial charge < -0.3 is 29.0 Å². The Bertz CT molecular complexity index is 1300. The van der Waals surface area contributed by atoms with Crippen LogP contribution in [-0.4, -0.2) is 71.8 Å². The summed E-state index contributed by atoms with van der Waals surface area (Å²) in [7, 11) is 1.33. The lowest BCUT2D eigenvalue weighted by Crippen LogP contribution is -2.47. The topological polar surface area (TPSA) is 156 Å². The number of nitrogens with one attached hydrogen (secondary N) is 1. The number of esters is 3. The van der Waals surface area contributed by atoms with Gasteiger partial charge in [0.05, 0.1) is 13.0 Å². The molecule has 12 nitrogen and oxygen atoms in total. The van der Waals surface area contributed by atoms with E-state index in [2.05, 4.69) is 10.3 Å². The van der Waals surface area contributed by atoms with Gasteiger partial charge in [-0.15, -0.1) is 0 Å². The fourth-order valence-corrected chi connectivity index (χ4v) is 4.64. The molecule has 2 heterocycles. The Hall–Kier alpha value is -4.13. The third-order valence-corrected chi connectivity index (χ3v) is 7.31. The Morgan fingerprint density at radius 1 is 1.12 bits per heavy atom. The largest absolute Gasteiger partial charge is 0.493 e. The molecule has 1 aromatic heterocycles. The SMILES string of the molecule is CCCSC(=O)Oc1c(OC)ccnc1C(=O)NC1COC(=O)C(Cc2ccccc2)C(OC(=O)C(C)C)C(C)OC1=O. The molecule has 232 valence electrons. The monoisotopic (exact) mass is 616 g/mol. The molecule has 0 aliphatic carbocycles. The number of carbonyl (C=O) groups is 5. The number of cyclic esters (lactones) is 2. The summed E-state index contributed by atoms with van der Waals surface area (Å²) in [4.78, 5) is 68.9. The first kappa shape index (κ1) is 33.4. The molecule has 0 spiro atoms. The molecule has 1 aliphatic heterocycles. The molecule has 1 saturated heterocycles. The van der Waals surface area contributed by atoms with Crippen molar-refractivity contribution in [3.63, 3.8) is 0 Å². The van der Waals surface area contributed by atoms with Gasteiger partial charge >= 0.3 is 23.2 Å². The molecule has 4 unspecified atom stereocenters. The molecule has 3 rings (SSSR count). The van der Waals surface area contributed by atoms with E-state index in [4.69, 9.17) is 23.7 Å². The molecule has 0 bridgehead atoms. The van der Waals surface area contributed by atoms with Crippen LogP contribution in [0.3, 0.4) is 0 Å². The molecular weight excluding hydrogens is 580 g/mol. The van der Waals surface area contributed by atoms with Gasteiger partial charge in [-0.1, -0.05) is 51.1 Å². The number of ether oxygens (including phenoxy) is 5. The van der Waals surface area contributed by atoms with E-state index < -0.39 is 65.8 Å². The van der Waals surface area contributed by atoms with Crippen LogP contribution >= 0.6 is 11.8 Å². The Kier molecular flexibility index (Phi) is 12.4. The van der Waals surface area contributed by atoms with Crippen LogP contribution in [-0.2, 0) is 35.0 Å². The number of amides is 1. The molecule has 1 amide bonds. The zero-order valence-corrected chi connectivity index (χ0v) is 25.5. The quantitative estimate of drug-likeness (QED) is 0.305. The minimum atomic E-state index is -1.46. The van der Waals surface area contributed by atoms with Crippen molar-refractivity contribution in [3.8, 4) is 11.5 Å². The molecule has 1 aliphatic rings. The number of aromatic nitrogens is 1. The van der Waals surface area contributed by atoms with Crippen LogP contribution in [0.2, 0.25) is 0 Å². The zero-order valence-electron chi connectivity index (χ0n) is 24.7. The number of thioether (sulfide) groups is 1. The van der Waals surface area contributed by atoms with Crippen LogP contribution in [0, 0.1) is 11.8 Å². The van der Waals surface area contributed by atoms with E-state index in [0.29, 0.717) is 5.75 Å². The van der Waals surface area contributed by atoms with Crippen LogP contribution in [0.1, 0.15) is 50.2 Å². The summed E-state index contributed by atoms with van der Waals surface area (Å²) >= 11 is 0.918. The lowest BCUT2D eigenvalue weighted by atomic mass is 9.91. The Morgan fingerprint density at radius 2 is 1.84 bits per heavy atom. The molecule has 0 radical (unpaired) electrons. The van der Waals surface area contributed by atoms with Crippen molar-refractivity contribution < 1.29 is 47.7 Å². The predicted octanol–water partition coefficient (Wildman–Crippen LogP) is 3.75. The van der Waals surface area contributed by atoms with Crippen molar-refractivity contribution in [2.75, 3.05) is 19.5 Å². The number of rotatable bonds is 10. The summed E-state index contributed by atoms with van der Waals surface area (Å²) in [5, 5.41) is 1.79. The van der Waals surface area contributed by atoms with E-state index in [1.807, 2.05) is 25.1 Å². The fraction of sp³-hybridized carbons (Fsp3) is 0.467. The first-order chi connectivity index (χ1) is 20.5. The van der Waals surface area contributed by atoms with Crippen molar-refractivity contribution in [3.05, 3.63) is 53.9 Å². The number of pyridine rings is 1. The van der Waals surface area contributed by atoms with Crippen LogP contribution in [0.5, 0.6) is 11.5 Å². The standard InChI is InChI=1S/C30H36N2O10S/c1-6-14-43-30(37)42-25-22(38-5)12-13-31-23(25)26(33)32-21-16-39-28(35)20(15-19-10-8-7-9-11-19)24(18(4)40-29(21)36)41-27(34)17(2)3/h7-13,17-18,20-21,24H,6,14-16H2,1-5H3,(H,32,33). The van der Waals surface area contributed by atoms with Crippen molar-refractivity contribution in [2.45, 2.75) is 58.8 Å². The van der Waals surface area contributed by atoms with E-state index in [1.54, 1.807) is 26.0 Å². The Balaban J connectivity index is 1.88. The molecule has 1 N–H and O–H groups in total. The molecule has 13 heteroatoms. The number of methoxy groups -OCH3 is 1. The summed E-state index contributed by atoms with van der Waals surface area (Å²) in [5.74, 6) is -4.33. The third-order valence-electron chi connectivity index (χ3n) is 6.38. The van der Waals surface area contributed by atoms with Gasteiger partial charge in [-0.2, -0.15) is 0 Å². The second-order valence-electron chi connectivity index (χ2n) is 10.0. The fourth-order valence-electron chi connectivity index (χ4n) is 4.13. The van der Waals surface area contributed by atoms with Crippen molar-refractivity contribution in [1.82, 2.24) is 10.3 Å². The van der Waals surface area contributed by atoms with Gasteiger partial charge in [0.15, 0.2) is 23.6 Å². The maximum absolute atomic E-state index is 13.4. The molecule has 43 heavy (non-hydrogen) atoms. The van der Waals surface area contributed by atoms with E-state index >= 15 is 0 Å². The molecule has 2 aromatic rings. The first-order valence-corrected chi connectivity index (χ1v) is 14.8. The number of hydrogen-bond donors (Lipinski definition) is 1. The minimum absolute atomic E-state index is 0.0706. The number of benzene rings is 1. The molecule has 1 aromatic carbocycles. The van der Waals surface area contributed by atoms with Crippen LogP contribution in [0.25, 0.3) is 0 Å². The number of hydrogen-bond acceptors (Lipinski definition) is 12. The molecular formula is C30H36N2O10S. The average molecular weight is 617 g/mol. The minimum Gasteiger partial charge on any atom is -0.493 e. The van der Waals surface area contributed by atoms with Gasteiger partial charge in [-0.3, -0.25) is 14.4 Å². The summed E-state index contributed by atoms with van der Waals surface area (Å²) in [5.41, 5.74) is 0.448. The van der Waals surface area contributed by atoms with Crippen LogP contribution in [0.4, 0.5) is 4.79 Å². The highest BCUT2D eigenvalue weighted by Crippen LogP contribution is 2.31. The highest BCUT2D eigenvalue weighted by atomic mass is 32.2. The maximum Gasteiger partial charge on any atom is 0.372 e. The second kappa shape index (κ2) is 15.9. The maximum atomic E-state index is 13.4. The van der Waals surface area contributed by atoms with E-state index in [1.165, 1.54) is 26.3 Å².